The minimum absolute atomic E-state index is 0.0198. The van der Waals surface area contributed by atoms with E-state index in [1.54, 1.807) is 0 Å². The van der Waals surface area contributed by atoms with Crippen molar-refractivity contribution in [2.45, 2.75) is 39.2 Å². The Labute approximate surface area is 142 Å². The largest absolute Gasteiger partial charge is 0.459 e. The summed E-state index contributed by atoms with van der Waals surface area (Å²) in [5.41, 5.74) is 7.30. The molecule has 0 spiro atoms. The molecule has 3 rings (SSSR count). The van der Waals surface area contributed by atoms with Crippen molar-refractivity contribution >= 4 is 16.9 Å². The summed E-state index contributed by atoms with van der Waals surface area (Å²) >= 11 is 0. The van der Waals surface area contributed by atoms with Gasteiger partial charge in [0.05, 0.1) is 11.5 Å². The fraction of sp³-hybridized carbons (Fsp3) is 0.526. The highest BCUT2D eigenvalue weighted by atomic mass is 16.5. The van der Waals surface area contributed by atoms with Crippen LogP contribution in [0, 0.1) is 5.41 Å². The molecule has 1 amide bonds. The smallest absolute Gasteiger partial charge is 0.225 e. The first-order valence-corrected chi connectivity index (χ1v) is 8.69. The molecular weight excluding hydrogens is 304 g/mol. The summed E-state index contributed by atoms with van der Waals surface area (Å²) < 4.78 is 11.5. The van der Waals surface area contributed by atoms with Gasteiger partial charge < -0.3 is 20.2 Å². The van der Waals surface area contributed by atoms with Crippen molar-refractivity contribution in [3.05, 3.63) is 35.6 Å². The van der Waals surface area contributed by atoms with E-state index in [9.17, 15) is 4.79 Å². The first-order chi connectivity index (χ1) is 11.6. The average molecular weight is 330 g/mol. The Bertz CT molecular complexity index is 716. The summed E-state index contributed by atoms with van der Waals surface area (Å²) in [4.78, 5) is 12.0. The van der Waals surface area contributed by atoms with Gasteiger partial charge in [-0.25, -0.2) is 0 Å². The second kappa shape index (κ2) is 6.95. The van der Waals surface area contributed by atoms with Crippen LogP contribution in [-0.4, -0.2) is 25.7 Å². The van der Waals surface area contributed by atoms with Crippen LogP contribution in [0.1, 0.15) is 44.1 Å². The summed E-state index contributed by atoms with van der Waals surface area (Å²) in [7, 11) is 0. The van der Waals surface area contributed by atoms with Crippen LogP contribution in [-0.2, 0) is 16.0 Å². The Hall–Kier alpha value is -1.85. The van der Waals surface area contributed by atoms with Crippen LogP contribution in [0.15, 0.2) is 28.7 Å². The molecule has 1 unspecified atom stereocenters. The molecular formula is C19H26N2O3. The molecule has 1 saturated heterocycles. The van der Waals surface area contributed by atoms with Crippen LogP contribution >= 0.6 is 0 Å². The van der Waals surface area contributed by atoms with Gasteiger partial charge in [0.1, 0.15) is 11.3 Å². The predicted molar refractivity (Wildman–Crippen MR) is 93.7 cm³/mol. The third kappa shape index (κ3) is 3.06. The average Bonchev–Trinajstić information content (AvgIpc) is 2.99. The Balaban J connectivity index is 1.79. The number of nitrogens with two attached hydrogens (primary N) is 1. The number of rotatable bonds is 6. The zero-order chi connectivity index (χ0) is 17.2. The zero-order valence-corrected chi connectivity index (χ0v) is 14.4. The molecule has 1 aromatic heterocycles. The number of amides is 1. The quantitative estimate of drug-likeness (QED) is 0.854. The van der Waals surface area contributed by atoms with E-state index in [4.69, 9.17) is 14.9 Å². The summed E-state index contributed by atoms with van der Waals surface area (Å²) in [6.07, 6.45) is 2.25. The summed E-state index contributed by atoms with van der Waals surface area (Å²) in [5.74, 6) is 0.705. The number of fused-ring (bicyclic) bond motifs is 1. The maximum Gasteiger partial charge on any atom is 0.225 e. The first-order valence-electron chi connectivity index (χ1n) is 8.69. The Kier molecular flexibility index (Phi) is 4.92. The van der Waals surface area contributed by atoms with E-state index in [2.05, 4.69) is 25.2 Å². The lowest BCUT2D eigenvalue weighted by molar-refractivity contribution is -0.133. The highest BCUT2D eigenvalue weighted by Crippen LogP contribution is 2.33. The fourth-order valence-electron chi connectivity index (χ4n) is 3.55. The van der Waals surface area contributed by atoms with Crippen molar-refractivity contribution in [3.63, 3.8) is 0 Å². The van der Waals surface area contributed by atoms with Crippen LogP contribution in [0.2, 0.25) is 0 Å². The molecule has 24 heavy (non-hydrogen) atoms. The maximum atomic E-state index is 12.0. The topological polar surface area (TPSA) is 77.5 Å². The lowest BCUT2D eigenvalue weighted by atomic mass is 9.79. The highest BCUT2D eigenvalue weighted by Gasteiger charge is 2.38. The molecule has 5 nitrogen and oxygen atoms in total. The van der Waals surface area contributed by atoms with Crippen molar-refractivity contribution in [1.82, 2.24) is 5.32 Å². The van der Waals surface area contributed by atoms with Gasteiger partial charge in [-0.1, -0.05) is 25.1 Å². The predicted octanol–water partition coefficient (Wildman–Crippen LogP) is 2.93. The third-order valence-corrected chi connectivity index (χ3v) is 5.20. The van der Waals surface area contributed by atoms with Gasteiger partial charge in [-0.3, -0.25) is 4.79 Å². The molecule has 1 aliphatic rings. The monoisotopic (exact) mass is 330 g/mol. The molecule has 5 heteroatoms. The number of carbonyl (C=O) groups excluding carboxylic acids is 1. The van der Waals surface area contributed by atoms with Gasteiger partial charge >= 0.3 is 0 Å². The van der Waals surface area contributed by atoms with Crippen molar-refractivity contribution < 1.29 is 13.9 Å². The molecule has 0 radical (unpaired) electrons. The maximum absolute atomic E-state index is 12.0. The second-order valence-electron chi connectivity index (χ2n) is 6.65. The zero-order valence-electron chi connectivity index (χ0n) is 14.4. The summed E-state index contributed by atoms with van der Waals surface area (Å²) in [6, 6.07) is 8.12. The van der Waals surface area contributed by atoms with E-state index < -0.39 is 5.41 Å². The minimum Gasteiger partial charge on any atom is -0.459 e. The van der Waals surface area contributed by atoms with Gasteiger partial charge in [-0.15, -0.1) is 0 Å². The molecule has 0 saturated carbocycles. The number of hydrogen-bond acceptors (Lipinski definition) is 4. The van der Waals surface area contributed by atoms with E-state index in [0.29, 0.717) is 32.6 Å². The minimum atomic E-state index is -0.523. The number of para-hydroxylation sites is 1. The van der Waals surface area contributed by atoms with Crippen LogP contribution < -0.4 is 11.1 Å². The van der Waals surface area contributed by atoms with Gasteiger partial charge in [0, 0.05) is 30.7 Å². The lowest BCUT2D eigenvalue weighted by Gasteiger charge is -2.35. The number of furan rings is 1. The van der Waals surface area contributed by atoms with Crippen molar-refractivity contribution in [1.29, 1.82) is 0 Å². The van der Waals surface area contributed by atoms with Gasteiger partial charge in [-0.05, 0) is 32.3 Å². The molecule has 1 fully saturated rings. The Morgan fingerprint density at radius 2 is 2.04 bits per heavy atom. The number of nitrogens with one attached hydrogen (secondary N) is 1. The normalized spacial score (nSPS) is 18.6. The molecule has 1 atom stereocenters. The van der Waals surface area contributed by atoms with Crippen molar-refractivity contribution in [2.24, 2.45) is 11.1 Å². The van der Waals surface area contributed by atoms with Crippen LogP contribution in [0.4, 0.5) is 0 Å². The van der Waals surface area contributed by atoms with Crippen LogP contribution in [0.3, 0.4) is 0 Å². The van der Waals surface area contributed by atoms with Gasteiger partial charge in [-0.2, -0.15) is 0 Å². The van der Waals surface area contributed by atoms with Gasteiger partial charge in [0.15, 0.2) is 0 Å². The molecule has 0 aliphatic carbocycles. The number of primary amides is 1. The molecule has 0 bridgehead atoms. The molecule has 1 aromatic carbocycles. The molecule has 3 N–H and O–H groups in total. The number of hydrogen-bond donors (Lipinski definition) is 2. The van der Waals surface area contributed by atoms with E-state index in [0.717, 1.165) is 17.8 Å². The third-order valence-electron chi connectivity index (χ3n) is 5.20. The molecule has 130 valence electrons. The standard InChI is InChI=1S/C19H26N2O3/c1-3-14-15-6-4-5-7-16(15)24-17(14)13(2)21-12-19(18(20)22)8-10-23-11-9-19/h4-7,13,21H,3,8-12H2,1-2H3,(H2,20,22). The molecule has 2 aromatic rings. The summed E-state index contributed by atoms with van der Waals surface area (Å²) in [6.45, 7) is 5.93. The fourth-order valence-corrected chi connectivity index (χ4v) is 3.55. The van der Waals surface area contributed by atoms with E-state index in [1.807, 2.05) is 18.2 Å². The SMILES string of the molecule is CCc1c(C(C)NCC2(C(N)=O)CCOCC2)oc2ccccc12. The van der Waals surface area contributed by atoms with E-state index in [-0.39, 0.29) is 11.9 Å². The summed E-state index contributed by atoms with van der Waals surface area (Å²) in [5, 5.41) is 4.64. The lowest BCUT2D eigenvalue weighted by Crippen LogP contribution is -2.48. The van der Waals surface area contributed by atoms with Gasteiger partial charge in [0.25, 0.3) is 0 Å². The van der Waals surface area contributed by atoms with Crippen molar-refractivity contribution in [3.8, 4) is 0 Å². The van der Waals surface area contributed by atoms with E-state index in [1.165, 1.54) is 10.9 Å². The Morgan fingerprint density at radius 3 is 2.71 bits per heavy atom. The van der Waals surface area contributed by atoms with Crippen LogP contribution in [0.25, 0.3) is 11.0 Å². The van der Waals surface area contributed by atoms with E-state index >= 15 is 0 Å². The van der Waals surface area contributed by atoms with Gasteiger partial charge in [0.2, 0.25) is 5.91 Å². The number of benzene rings is 1. The highest BCUT2D eigenvalue weighted by molar-refractivity contribution is 5.82. The number of carbonyl (C=O) groups is 1. The molecule has 2 heterocycles. The molecule has 1 aliphatic heterocycles. The number of ether oxygens (including phenoxy) is 1. The second-order valence-corrected chi connectivity index (χ2v) is 6.65. The first kappa shape index (κ1) is 17.0. The van der Waals surface area contributed by atoms with Crippen molar-refractivity contribution in [2.75, 3.05) is 19.8 Å². The van der Waals surface area contributed by atoms with Crippen LogP contribution in [0.5, 0.6) is 0 Å². The Morgan fingerprint density at radius 1 is 1.33 bits per heavy atom. The number of aryl methyl sites for hydroxylation is 1.